The summed E-state index contributed by atoms with van der Waals surface area (Å²) < 4.78 is 1.95. The Bertz CT molecular complexity index is 329. The van der Waals surface area contributed by atoms with E-state index in [4.69, 9.17) is 5.73 Å². The van der Waals surface area contributed by atoms with Crippen molar-refractivity contribution in [3.05, 3.63) is 12.2 Å². The molecule has 0 aliphatic heterocycles. The molecule has 0 radical (unpaired) electrons. The Hall–Kier alpha value is -0.940. The van der Waals surface area contributed by atoms with Gasteiger partial charge >= 0.3 is 0 Å². The lowest BCUT2D eigenvalue weighted by molar-refractivity contribution is 0.148. The minimum atomic E-state index is -0.0201. The summed E-state index contributed by atoms with van der Waals surface area (Å²) in [6, 6.07) is 0.340. The molecule has 5 heteroatoms. The maximum atomic E-state index is 5.75. The molecule has 0 saturated carbocycles. The molecule has 1 rings (SSSR count). The van der Waals surface area contributed by atoms with Crippen molar-refractivity contribution in [1.82, 2.24) is 19.7 Å². The van der Waals surface area contributed by atoms with Gasteiger partial charge in [0.2, 0.25) is 0 Å². The van der Waals surface area contributed by atoms with Gasteiger partial charge < -0.3 is 5.73 Å². The predicted octanol–water partition coefficient (Wildman–Crippen LogP) is 1.03. The van der Waals surface area contributed by atoms with Crippen LogP contribution in [-0.2, 0) is 6.54 Å². The summed E-state index contributed by atoms with van der Waals surface area (Å²) in [5.41, 5.74) is 5.73. The van der Waals surface area contributed by atoms with E-state index < -0.39 is 0 Å². The summed E-state index contributed by atoms with van der Waals surface area (Å²) in [6.07, 6.45) is 1.61. The molecule has 0 bridgehead atoms. The van der Waals surface area contributed by atoms with Crippen LogP contribution >= 0.6 is 0 Å². The monoisotopic (exact) mass is 225 g/mol. The van der Waals surface area contributed by atoms with E-state index in [1.54, 1.807) is 6.33 Å². The maximum Gasteiger partial charge on any atom is 0.141 e. The fraction of sp³-hybridized carbons (Fsp3) is 0.818. The van der Waals surface area contributed by atoms with Crippen LogP contribution in [0, 0.1) is 0 Å². The zero-order valence-electron chi connectivity index (χ0n) is 10.9. The Morgan fingerprint density at radius 1 is 1.50 bits per heavy atom. The number of likely N-dealkylation sites (N-methyl/N-ethyl adjacent to an activating group) is 1. The first-order valence-electron chi connectivity index (χ1n) is 5.68. The second-order valence-corrected chi connectivity index (χ2v) is 5.09. The molecule has 0 fully saturated rings. The molecule has 2 N–H and O–H groups in total. The summed E-state index contributed by atoms with van der Waals surface area (Å²) in [5, 5.41) is 4.22. The molecule has 0 unspecified atom stereocenters. The Balaban J connectivity index is 2.77. The number of nitrogens with two attached hydrogens (primary N) is 1. The second-order valence-electron chi connectivity index (χ2n) is 5.09. The number of hydrogen-bond acceptors (Lipinski definition) is 4. The van der Waals surface area contributed by atoms with Crippen molar-refractivity contribution in [2.45, 2.75) is 45.8 Å². The van der Waals surface area contributed by atoms with Crippen LogP contribution in [-0.4, -0.2) is 38.8 Å². The Kier molecular flexibility index (Phi) is 4.04. The number of rotatable bonds is 5. The normalized spacial score (nSPS) is 12.8. The molecular weight excluding hydrogens is 202 g/mol. The average molecular weight is 225 g/mol. The minimum Gasteiger partial charge on any atom is -0.329 e. The lowest BCUT2D eigenvalue weighted by Crippen LogP contribution is -2.47. The lowest BCUT2D eigenvalue weighted by atomic mass is 10.0. The van der Waals surface area contributed by atoms with Crippen LogP contribution < -0.4 is 5.73 Å². The highest BCUT2D eigenvalue weighted by Gasteiger charge is 2.23. The first kappa shape index (κ1) is 13.1. The van der Waals surface area contributed by atoms with E-state index in [9.17, 15) is 0 Å². The van der Waals surface area contributed by atoms with E-state index in [1.165, 1.54) is 0 Å². The van der Waals surface area contributed by atoms with Crippen molar-refractivity contribution < 1.29 is 0 Å². The molecule has 0 spiro atoms. The summed E-state index contributed by atoms with van der Waals surface area (Å²) in [4.78, 5) is 6.50. The van der Waals surface area contributed by atoms with Gasteiger partial charge in [0.05, 0.1) is 6.54 Å². The molecule has 1 aromatic rings. The first-order valence-corrected chi connectivity index (χ1v) is 5.68. The molecule has 1 aromatic heterocycles. The highest BCUT2D eigenvalue weighted by molar-refractivity contribution is 4.90. The summed E-state index contributed by atoms with van der Waals surface area (Å²) in [5.74, 6) is 0.985. The maximum absolute atomic E-state index is 5.75. The van der Waals surface area contributed by atoms with Crippen LogP contribution in [0.1, 0.15) is 39.6 Å². The molecule has 1 heterocycles. The van der Waals surface area contributed by atoms with E-state index in [-0.39, 0.29) is 5.54 Å². The van der Waals surface area contributed by atoms with E-state index in [0.29, 0.717) is 12.6 Å². The van der Waals surface area contributed by atoms with Crippen LogP contribution in [0.3, 0.4) is 0 Å². The molecule has 0 aromatic carbocycles. The summed E-state index contributed by atoms with van der Waals surface area (Å²) >= 11 is 0. The van der Waals surface area contributed by atoms with E-state index in [1.807, 2.05) is 4.68 Å². The van der Waals surface area contributed by atoms with E-state index in [0.717, 1.165) is 12.4 Å². The molecule has 0 atom stereocenters. The van der Waals surface area contributed by atoms with Gasteiger partial charge in [0, 0.05) is 18.1 Å². The van der Waals surface area contributed by atoms with Gasteiger partial charge in [-0.1, -0.05) is 0 Å². The SMILES string of the molecule is CC(C)n1ncnc1CN(C)C(C)(C)CN. The highest BCUT2D eigenvalue weighted by Crippen LogP contribution is 2.14. The van der Waals surface area contributed by atoms with Gasteiger partial charge in [0.25, 0.3) is 0 Å². The molecule has 92 valence electrons. The highest BCUT2D eigenvalue weighted by atomic mass is 15.4. The van der Waals surface area contributed by atoms with Crippen LogP contribution in [0.2, 0.25) is 0 Å². The zero-order chi connectivity index (χ0) is 12.3. The number of hydrogen-bond donors (Lipinski definition) is 1. The van der Waals surface area contributed by atoms with Crippen molar-refractivity contribution >= 4 is 0 Å². The third-order valence-corrected chi connectivity index (χ3v) is 3.05. The summed E-state index contributed by atoms with van der Waals surface area (Å²) in [6.45, 7) is 9.85. The zero-order valence-corrected chi connectivity index (χ0v) is 10.9. The van der Waals surface area contributed by atoms with Crippen LogP contribution in [0.4, 0.5) is 0 Å². The lowest BCUT2D eigenvalue weighted by Gasteiger charge is -2.34. The standard InChI is InChI=1S/C11H23N5/c1-9(2)16-10(13-8-14-16)6-15(5)11(3,4)7-12/h8-9H,6-7,12H2,1-5H3. The van der Waals surface area contributed by atoms with Crippen LogP contribution in [0.5, 0.6) is 0 Å². The Labute approximate surface area is 97.6 Å². The average Bonchev–Trinajstić information content (AvgIpc) is 2.65. The summed E-state index contributed by atoms with van der Waals surface area (Å²) in [7, 11) is 2.06. The van der Waals surface area contributed by atoms with E-state index in [2.05, 4.69) is 49.7 Å². The molecule has 0 aliphatic rings. The largest absolute Gasteiger partial charge is 0.329 e. The molecular formula is C11H23N5. The Morgan fingerprint density at radius 3 is 2.62 bits per heavy atom. The van der Waals surface area contributed by atoms with Crippen molar-refractivity contribution in [2.24, 2.45) is 5.73 Å². The molecule has 0 amide bonds. The van der Waals surface area contributed by atoms with Gasteiger partial charge in [0.1, 0.15) is 12.2 Å². The third kappa shape index (κ3) is 2.80. The first-order chi connectivity index (χ1) is 7.38. The quantitative estimate of drug-likeness (QED) is 0.813. The second kappa shape index (κ2) is 4.93. The van der Waals surface area contributed by atoms with Gasteiger partial charge in [-0.3, -0.25) is 4.90 Å². The van der Waals surface area contributed by atoms with Gasteiger partial charge in [-0.15, -0.1) is 0 Å². The number of nitrogens with zero attached hydrogens (tertiary/aromatic N) is 4. The smallest absolute Gasteiger partial charge is 0.141 e. The van der Waals surface area contributed by atoms with Gasteiger partial charge in [0.15, 0.2) is 0 Å². The van der Waals surface area contributed by atoms with Crippen molar-refractivity contribution in [3.63, 3.8) is 0 Å². The Morgan fingerprint density at radius 2 is 2.12 bits per heavy atom. The molecule has 5 nitrogen and oxygen atoms in total. The molecule has 16 heavy (non-hydrogen) atoms. The molecule has 0 aliphatic carbocycles. The third-order valence-electron chi connectivity index (χ3n) is 3.05. The van der Waals surface area contributed by atoms with Crippen molar-refractivity contribution in [2.75, 3.05) is 13.6 Å². The fourth-order valence-electron chi connectivity index (χ4n) is 1.40. The van der Waals surface area contributed by atoms with Gasteiger partial charge in [-0.25, -0.2) is 9.67 Å². The van der Waals surface area contributed by atoms with Gasteiger partial charge in [-0.2, -0.15) is 5.10 Å². The van der Waals surface area contributed by atoms with Crippen molar-refractivity contribution in [3.8, 4) is 0 Å². The van der Waals surface area contributed by atoms with Crippen LogP contribution in [0.25, 0.3) is 0 Å². The minimum absolute atomic E-state index is 0.0201. The van der Waals surface area contributed by atoms with Crippen LogP contribution in [0.15, 0.2) is 6.33 Å². The predicted molar refractivity (Wildman–Crippen MR) is 65.0 cm³/mol. The fourth-order valence-corrected chi connectivity index (χ4v) is 1.40. The van der Waals surface area contributed by atoms with Crippen molar-refractivity contribution in [1.29, 1.82) is 0 Å². The topological polar surface area (TPSA) is 60.0 Å². The molecule has 0 saturated heterocycles. The number of aromatic nitrogens is 3. The van der Waals surface area contributed by atoms with Gasteiger partial charge in [-0.05, 0) is 34.7 Å². The van der Waals surface area contributed by atoms with E-state index >= 15 is 0 Å².